The highest BCUT2D eigenvalue weighted by molar-refractivity contribution is 7.89. The Kier molecular flexibility index (Phi) is 3.37. The lowest BCUT2D eigenvalue weighted by Crippen LogP contribution is -2.25. The molecule has 2 rings (SSSR count). The Morgan fingerprint density at radius 1 is 1.44 bits per heavy atom. The Hall–Kier alpha value is -0.780. The van der Waals surface area contributed by atoms with Crippen molar-refractivity contribution in [3.05, 3.63) is 23.8 Å². The van der Waals surface area contributed by atoms with Gasteiger partial charge in [0.2, 0.25) is 10.0 Å². The van der Waals surface area contributed by atoms with Crippen molar-refractivity contribution in [1.29, 1.82) is 0 Å². The van der Waals surface area contributed by atoms with Gasteiger partial charge < -0.3 is 4.74 Å². The quantitative estimate of drug-likeness (QED) is 0.827. The second-order valence-electron chi connectivity index (χ2n) is 3.45. The first-order valence-corrected chi connectivity index (χ1v) is 6.96. The topological polar surface area (TPSA) is 55.4 Å². The van der Waals surface area contributed by atoms with E-state index in [4.69, 9.17) is 16.3 Å². The SMILES string of the molecule is O=S(=O)(NCCCl)c1ccc2c(c1)CCO2. The Labute approximate surface area is 99.6 Å². The zero-order valence-electron chi connectivity index (χ0n) is 8.57. The third-order valence-electron chi connectivity index (χ3n) is 2.36. The van der Waals surface area contributed by atoms with Crippen LogP contribution in [0, 0.1) is 0 Å². The van der Waals surface area contributed by atoms with Crippen LogP contribution in [0.5, 0.6) is 5.75 Å². The molecular weight excluding hydrogens is 250 g/mol. The fourth-order valence-electron chi connectivity index (χ4n) is 1.59. The minimum Gasteiger partial charge on any atom is -0.493 e. The summed E-state index contributed by atoms with van der Waals surface area (Å²) in [5.74, 6) is 1.03. The summed E-state index contributed by atoms with van der Waals surface area (Å²) in [5.41, 5.74) is 0.939. The highest BCUT2D eigenvalue weighted by Gasteiger charge is 2.18. The van der Waals surface area contributed by atoms with Crippen LogP contribution in [-0.4, -0.2) is 27.4 Å². The van der Waals surface area contributed by atoms with Crippen LogP contribution in [0.15, 0.2) is 23.1 Å². The Morgan fingerprint density at radius 3 is 3.00 bits per heavy atom. The van der Waals surface area contributed by atoms with Crippen molar-refractivity contribution in [2.24, 2.45) is 0 Å². The molecule has 0 radical (unpaired) electrons. The predicted octanol–water partition coefficient (Wildman–Crippen LogP) is 1.14. The van der Waals surface area contributed by atoms with E-state index < -0.39 is 10.0 Å². The summed E-state index contributed by atoms with van der Waals surface area (Å²) in [6.07, 6.45) is 0.758. The second kappa shape index (κ2) is 4.61. The van der Waals surface area contributed by atoms with Crippen LogP contribution in [0.3, 0.4) is 0 Å². The summed E-state index contributed by atoms with van der Waals surface area (Å²) in [4.78, 5) is 0.266. The molecule has 1 aliphatic rings. The molecule has 0 spiro atoms. The molecule has 1 aliphatic heterocycles. The van der Waals surface area contributed by atoms with E-state index in [2.05, 4.69) is 4.72 Å². The number of hydrogen-bond acceptors (Lipinski definition) is 3. The first kappa shape index (κ1) is 11.7. The number of fused-ring (bicyclic) bond motifs is 1. The molecule has 0 saturated carbocycles. The van der Waals surface area contributed by atoms with Gasteiger partial charge in [0.1, 0.15) is 5.75 Å². The van der Waals surface area contributed by atoms with Crippen molar-refractivity contribution >= 4 is 21.6 Å². The highest BCUT2D eigenvalue weighted by Crippen LogP contribution is 2.27. The van der Waals surface area contributed by atoms with Gasteiger partial charge in [-0.1, -0.05) is 0 Å². The van der Waals surface area contributed by atoms with Crippen LogP contribution in [0.25, 0.3) is 0 Å². The number of alkyl halides is 1. The fourth-order valence-corrected chi connectivity index (χ4v) is 2.87. The minimum absolute atomic E-state index is 0.234. The molecule has 1 heterocycles. The molecule has 0 saturated heterocycles. The monoisotopic (exact) mass is 261 g/mol. The van der Waals surface area contributed by atoms with Gasteiger partial charge in [0, 0.05) is 18.8 Å². The van der Waals surface area contributed by atoms with Crippen molar-refractivity contribution < 1.29 is 13.2 Å². The lowest BCUT2D eigenvalue weighted by molar-refractivity contribution is 0.356. The Bertz CT molecular complexity index is 487. The van der Waals surface area contributed by atoms with Crippen LogP contribution in [-0.2, 0) is 16.4 Å². The van der Waals surface area contributed by atoms with Gasteiger partial charge in [0.25, 0.3) is 0 Å². The Balaban J connectivity index is 2.27. The largest absolute Gasteiger partial charge is 0.493 e. The molecule has 0 aliphatic carbocycles. The van der Waals surface area contributed by atoms with Crippen LogP contribution in [0.4, 0.5) is 0 Å². The van der Waals surface area contributed by atoms with Crippen LogP contribution < -0.4 is 9.46 Å². The summed E-state index contributed by atoms with van der Waals surface area (Å²) < 4.78 is 31.3. The van der Waals surface area contributed by atoms with Gasteiger partial charge in [-0.05, 0) is 23.8 Å². The Morgan fingerprint density at radius 2 is 2.25 bits per heavy atom. The molecule has 1 aromatic rings. The van der Waals surface area contributed by atoms with Gasteiger partial charge in [-0.15, -0.1) is 11.6 Å². The molecule has 4 nitrogen and oxygen atoms in total. The maximum absolute atomic E-state index is 11.8. The van der Waals surface area contributed by atoms with Gasteiger partial charge in [-0.25, -0.2) is 13.1 Å². The van der Waals surface area contributed by atoms with Gasteiger partial charge in [-0.3, -0.25) is 0 Å². The molecule has 6 heteroatoms. The van der Waals surface area contributed by atoms with Crippen LogP contribution >= 0.6 is 11.6 Å². The molecule has 0 amide bonds. The molecule has 0 bridgehead atoms. The third-order valence-corrected chi connectivity index (χ3v) is 4.01. The molecule has 16 heavy (non-hydrogen) atoms. The normalized spacial score (nSPS) is 14.6. The van der Waals surface area contributed by atoms with E-state index in [0.717, 1.165) is 17.7 Å². The van der Waals surface area contributed by atoms with E-state index in [0.29, 0.717) is 6.61 Å². The fraction of sp³-hybridized carbons (Fsp3) is 0.400. The van der Waals surface area contributed by atoms with Crippen LogP contribution in [0.1, 0.15) is 5.56 Å². The van der Waals surface area contributed by atoms with E-state index in [1.807, 2.05) is 0 Å². The third kappa shape index (κ3) is 2.31. The number of ether oxygens (including phenoxy) is 1. The number of sulfonamides is 1. The smallest absolute Gasteiger partial charge is 0.240 e. The van der Waals surface area contributed by atoms with Crippen molar-refractivity contribution in [1.82, 2.24) is 4.72 Å². The lowest BCUT2D eigenvalue weighted by Gasteiger charge is -2.06. The zero-order chi connectivity index (χ0) is 11.6. The van der Waals surface area contributed by atoms with Gasteiger partial charge in [-0.2, -0.15) is 0 Å². The number of nitrogens with one attached hydrogen (secondary N) is 1. The molecule has 1 aromatic carbocycles. The van der Waals surface area contributed by atoms with Crippen molar-refractivity contribution in [2.45, 2.75) is 11.3 Å². The van der Waals surface area contributed by atoms with Crippen molar-refractivity contribution in [3.63, 3.8) is 0 Å². The predicted molar refractivity (Wildman–Crippen MR) is 61.5 cm³/mol. The van der Waals surface area contributed by atoms with E-state index in [1.54, 1.807) is 18.2 Å². The maximum atomic E-state index is 11.8. The molecule has 1 N–H and O–H groups in total. The standard InChI is InChI=1S/C10H12ClNO3S/c11-4-5-12-16(13,14)9-1-2-10-8(7-9)3-6-15-10/h1-2,7,12H,3-6H2. The molecule has 0 atom stereocenters. The molecule has 0 aromatic heterocycles. The van der Waals surface area contributed by atoms with E-state index in [-0.39, 0.29) is 17.3 Å². The van der Waals surface area contributed by atoms with Crippen molar-refractivity contribution in [3.8, 4) is 5.75 Å². The lowest BCUT2D eigenvalue weighted by atomic mass is 10.2. The minimum atomic E-state index is -3.43. The molecular formula is C10H12ClNO3S. The summed E-state index contributed by atoms with van der Waals surface area (Å²) in [7, 11) is -3.43. The number of rotatable bonds is 4. The summed E-state index contributed by atoms with van der Waals surface area (Å²) >= 11 is 5.44. The van der Waals surface area contributed by atoms with Gasteiger partial charge >= 0.3 is 0 Å². The molecule has 0 fully saturated rings. The highest BCUT2D eigenvalue weighted by atomic mass is 35.5. The van der Waals surface area contributed by atoms with E-state index in [9.17, 15) is 8.42 Å². The van der Waals surface area contributed by atoms with E-state index >= 15 is 0 Å². The average molecular weight is 262 g/mol. The van der Waals surface area contributed by atoms with Crippen molar-refractivity contribution in [2.75, 3.05) is 19.0 Å². The summed E-state index contributed by atoms with van der Waals surface area (Å²) in [5, 5.41) is 0. The van der Waals surface area contributed by atoms with Crippen LogP contribution in [0.2, 0.25) is 0 Å². The first-order valence-electron chi connectivity index (χ1n) is 4.95. The number of benzene rings is 1. The zero-order valence-corrected chi connectivity index (χ0v) is 10.1. The number of halogens is 1. The van der Waals surface area contributed by atoms with Gasteiger partial charge in [0.05, 0.1) is 11.5 Å². The molecule has 88 valence electrons. The van der Waals surface area contributed by atoms with Gasteiger partial charge in [0.15, 0.2) is 0 Å². The maximum Gasteiger partial charge on any atom is 0.240 e. The average Bonchev–Trinajstić information content (AvgIpc) is 2.73. The number of hydrogen-bond donors (Lipinski definition) is 1. The molecule has 0 unspecified atom stereocenters. The second-order valence-corrected chi connectivity index (χ2v) is 5.60. The van der Waals surface area contributed by atoms with E-state index in [1.165, 1.54) is 0 Å². The first-order chi connectivity index (χ1) is 7.63. The summed E-state index contributed by atoms with van der Waals surface area (Å²) in [6.45, 7) is 0.853. The summed E-state index contributed by atoms with van der Waals surface area (Å²) in [6, 6.07) is 4.89.